The molecule has 0 unspecified atom stereocenters. The van der Waals surface area contributed by atoms with E-state index in [4.69, 9.17) is 0 Å². The zero-order chi connectivity index (χ0) is 15.4. The fraction of sp³-hybridized carbons (Fsp3) is 0.267. The van der Waals surface area contributed by atoms with Crippen molar-refractivity contribution in [2.24, 2.45) is 5.10 Å². The number of nitrogens with one attached hydrogen (secondary N) is 1. The van der Waals surface area contributed by atoms with E-state index in [9.17, 15) is 9.59 Å². The van der Waals surface area contributed by atoms with Crippen LogP contribution in [0, 0.1) is 6.92 Å². The summed E-state index contributed by atoms with van der Waals surface area (Å²) in [5, 5.41) is 5.86. The fourth-order valence-corrected chi connectivity index (χ4v) is 2.60. The number of pyridine rings is 1. The molecule has 21 heavy (non-hydrogen) atoms. The first-order chi connectivity index (χ1) is 10.0. The lowest BCUT2D eigenvalue weighted by Crippen LogP contribution is -2.31. The number of nitrogens with zero attached hydrogens (tertiary/aromatic N) is 2. The standard InChI is InChI=1S/C15H17N3O2S/c1-10(2)18-7-4-5-12(15(18)20)14(19)17-16-9-13-11(3)6-8-21-13/h4-10H,1-3H3,(H,17,19)/b16-9-. The highest BCUT2D eigenvalue weighted by Crippen LogP contribution is 2.12. The van der Waals surface area contributed by atoms with Crippen LogP contribution in [0.15, 0.2) is 39.7 Å². The van der Waals surface area contributed by atoms with Gasteiger partial charge in [-0.3, -0.25) is 9.59 Å². The van der Waals surface area contributed by atoms with Crippen molar-refractivity contribution >= 4 is 23.5 Å². The van der Waals surface area contributed by atoms with Crippen LogP contribution >= 0.6 is 11.3 Å². The van der Waals surface area contributed by atoms with Gasteiger partial charge < -0.3 is 4.57 Å². The highest BCUT2D eigenvalue weighted by Gasteiger charge is 2.12. The van der Waals surface area contributed by atoms with E-state index in [2.05, 4.69) is 10.5 Å². The summed E-state index contributed by atoms with van der Waals surface area (Å²) in [5.74, 6) is -0.500. The maximum absolute atomic E-state index is 12.2. The van der Waals surface area contributed by atoms with Gasteiger partial charge in [-0.1, -0.05) is 0 Å². The van der Waals surface area contributed by atoms with E-state index in [-0.39, 0.29) is 17.2 Å². The molecule has 2 aromatic heterocycles. The number of hydrazone groups is 1. The number of thiophene rings is 1. The molecule has 0 aliphatic carbocycles. The van der Waals surface area contributed by atoms with Crippen LogP contribution in [0.5, 0.6) is 0 Å². The zero-order valence-corrected chi connectivity index (χ0v) is 13.0. The molecule has 0 saturated heterocycles. The molecule has 0 aliphatic rings. The van der Waals surface area contributed by atoms with E-state index in [1.807, 2.05) is 32.2 Å². The van der Waals surface area contributed by atoms with Crippen LogP contribution in [0.2, 0.25) is 0 Å². The number of amides is 1. The lowest BCUT2D eigenvalue weighted by molar-refractivity contribution is 0.0953. The summed E-state index contributed by atoms with van der Waals surface area (Å²) in [5.41, 5.74) is 3.27. The predicted octanol–water partition coefficient (Wildman–Crippen LogP) is 2.56. The minimum atomic E-state index is -0.500. The van der Waals surface area contributed by atoms with Crippen molar-refractivity contribution in [2.45, 2.75) is 26.8 Å². The Hall–Kier alpha value is -2.21. The molecule has 0 bridgehead atoms. The van der Waals surface area contributed by atoms with Crippen LogP contribution in [0.25, 0.3) is 0 Å². The summed E-state index contributed by atoms with van der Waals surface area (Å²) in [7, 11) is 0. The number of hydrogen-bond donors (Lipinski definition) is 1. The van der Waals surface area contributed by atoms with Gasteiger partial charge in [0, 0.05) is 17.1 Å². The summed E-state index contributed by atoms with van der Waals surface area (Å²) in [6.45, 7) is 5.75. The van der Waals surface area contributed by atoms with Crippen molar-refractivity contribution in [2.75, 3.05) is 0 Å². The molecule has 0 atom stereocenters. The third-order valence-electron chi connectivity index (χ3n) is 3.03. The van der Waals surface area contributed by atoms with E-state index in [0.29, 0.717) is 0 Å². The molecule has 1 amide bonds. The SMILES string of the molecule is Cc1ccsc1/C=N\NC(=O)c1cccn(C(C)C)c1=O. The topological polar surface area (TPSA) is 63.5 Å². The van der Waals surface area contributed by atoms with Crippen molar-refractivity contribution in [3.63, 3.8) is 0 Å². The maximum Gasteiger partial charge on any atom is 0.276 e. The highest BCUT2D eigenvalue weighted by molar-refractivity contribution is 7.11. The normalized spacial score (nSPS) is 11.2. The van der Waals surface area contributed by atoms with Crippen LogP contribution in [-0.2, 0) is 0 Å². The first-order valence-electron chi connectivity index (χ1n) is 6.59. The average molecular weight is 303 g/mol. The molecule has 0 aliphatic heterocycles. The maximum atomic E-state index is 12.2. The van der Waals surface area contributed by atoms with E-state index in [1.165, 1.54) is 10.6 Å². The third-order valence-corrected chi connectivity index (χ3v) is 3.98. The molecule has 1 N–H and O–H groups in total. The number of carbonyl (C=O) groups is 1. The minimum absolute atomic E-state index is 0.00233. The summed E-state index contributed by atoms with van der Waals surface area (Å²) in [6.07, 6.45) is 3.25. The van der Waals surface area contributed by atoms with Gasteiger partial charge in [-0.25, -0.2) is 5.43 Å². The number of aryl methyl sites for hydroxylation is 1. The van der Waals surface area contributed by atoms with Gasteiger partial charge in [-0.05, 0) is 49.9 Å². The molecular formula is C15H17N3O2S. The molecule has 0 saturated carbocycles. The average Bonchev–Trinajstić information content (AvgIpc) is 2.84. The second-order valence-electron chi connectivity index (χ2n) is 4.90. The first-order valence-corrected chi connectivity index (χ1v) is 7.47. The van der Waals surface area contributed by atoms with Crippen molar-refractivity contribution < 1.29 is 4.79 Å². The van der Waals surface area contributed by atoms with Crippen LogP contribution in [-0.4, -0.2) is 16.7 Å². The molecular weight excluding hydrogens is 286 g/mol. The Labute approximate surface area is 126 Å². The van der Waals surface area contributed by atoms with Crippen molar-refractivity contribution in [3.8, 4) is 0 Å². The molecule has 2 rings (SSSR count). The van der Waals surface area contributed by atoms with Crippen LogP contribution < -0.4 is 11.0 Å². The first kappa shape index (κ1) is 15.2. The highest BCUT2D eigenvalue weighted by atomic mass is 32.1. The quantitative estimate of drug-likeness (QED) is 0.697. The number of rotatable bonds is 4. The number of carbonyl (C=O) groups excluding carboxylic acids is 1. The molecule has 110 valence electrons. The van der Waals surface area contributed by atoms with Crippen LogP contribution in [0.1, 0.15) is 40.7 Å². The van der Waals surface area contributed by atoms with Crippen molar-refractivity contribution in [1.82, 2.24) is 9.99 Å². The summed E-state index contributed by atoms with van der Waals surface area (Å²) < 4.78 is 1.52. The smallest absolute Gasteiger partial charge is 0.276 e. The molecule has 0 radical (unpaired) electrons. The Kier molecular flexibility index (Phi) is 4.70. The Morgan fingerprint density at radius 3 is 2.81 bits per heavy atom. The van der Waals surface area contributed by atoms with Gasteiger partial charge in [-0.15, -0.1) is 11.3 Å². The predicted molar refractivity (Wildman–Crippen MR) is 85.2 cm³/mol. The van der Waals surface area contributed by atoms with Crippen LogP contribution in [0.4, 0.5) is 0 Å². The summed E-state index contributed by atoms with van der Waals surface area (Å²) >= 11 is 1.54. The van der Waals surface area contributed by atoms with Gasteiger partial charge in [0.25, 0.3) is 11.5 Å². The fourth-order valence-electron chi connectivity index (χ4n) is 1.82. The minimum Gasteiger partial charge on any atom is -0.312 e. The van der Waals surface area contributed by atoms with Gasteiger partial charge in [-0.2, -0.15) is 5.10 Å². The molecule has 6 heteroatoms. The zero-order valence-electron chi connectivity index (χ0n) is 12.2. The van der Waals surface area contributed by atoms with Crippen molar-refractivity contribution in [3.05, 3.63) is 56.1 Å². The van der Waals surface area contributed by atoms with Crippen molar-refractivity contribution in [1.29, 1.82) is 0 Å². The summed E-state index contributed by atoms with van der Waals surface area (Å²) in [6, 6.07) is 5.17. The van der Waals surface area contributed by atoms with Gasteiger partial charge in [0.05, 0.1) is 6.21 Å². The van der Waals surface area contributed by atoms with E-state index in [1.54, 1.807) is 29.8 Å². The Balaban J connectivity index is 2.15. The van der Waals surface area contributed by atoms with E-state index in [0.717, 1.165) is 10.4 Å². The largest absolute Gasteiger partial charge is 0.312 e. The Morgan fingerprint density at radius 2 is 2.19 bits per heavy atom. The van der Waals surface area contributed by atoms with Crippen LogP contribution in [0.3, 0.4) is 0 Å². The van der Waals surface area contributed by atoms with Gasteiger partial charge in [0.1, 0.15) is 5.56 Å². The molecule has 0 fully saturated rings. The third kappa shape index (κ3) is 3.46. The second-order valence-corrected chi connectivity index (χ2v) is 5.84. The second kappa shape index (κ2) is 6.49. The molecule has 2 aromatic rings. The molecule has 0 spiro atoms. The molecule has 5 nitrogen and oxygen atoms in total. The Morgan fingerprint density at radius 1 is 1.43 bits per heavy atom. The van der Waals surface area contributed by atoms with Gasteiger partial charge >= 0.3 is 0 Å². The Bertz CT molecular complexity index is 729. The monoisotopic (exact) mass is 303 g/mol. The summed E-state index contributed by atoms with van der Waals surface area (Å²) in [4.78, 5) is 25.1. The van der Waals surface area contributed by atoms with E-state index >= 15 is 0 Å². The lowest BCUT2D eigenvalue weighted by Gasteiger charge is -2.10. The lowest BCUT2D eigenvalue weighted by atomic mass is 10.2. The van der Waals surface area contributed by atoms with E-state index < -0.39 is 5.91 Å². The number of aromatic nitrogens is 1. The number of hydrogen-bond acceptors (Lipinski definition) is 4. The van der Waals surface area contributed by atoms with Gasteiger partial charge in [0.15, 0.2) is 0 Å². The molecule has 2 heterocycles. The molecule has 0 aromatic carbocycles. The van der Waals surface area contributed by atoms with Gasteiger partial charge in [0.2, 0.25) is 0 Å².